The zero-order chi connectivity index (χ0) is 17.8. The smallest absolute Gasteiger partial charge is 0.254 e. The van der Waals surface area contributed by atoms with Crippen LogP contribution < -0.4 is 9.47 Å². The van der Waals surface area contributed by atoms with Crippen LogP contribution in [0.3, 0.4) is 0 Å². The molecule has 0 unspecified atom stereocenters. The molecule has 0 spiro atoms. The Kier molecular flexibility index (Phi) is 5.81. The molecule has 25 heavy (non-hydrogen) atoms. The molecule has 0 radical (unpaired) electrons. The van der Waals surface area contributed by atoms with Crippen LogP contribution in [0, 0.1) is 0 Å². The number of benzene rings is 1. The van der Waals surface area contributed by atoms with Crippen LogP contribution >= 0.6 is 0 Å². The Morgan fingerprint density at radius 2 is 1.60 bits per heavy atom. The molecule has 0 aromatic heterocycles. The third-order valence-electron chi connectivity index (χ3n) is 5.44. The number of nitrogens with zero attached hydrogens (tertiary/aromatic N) is 3. The predicted molar refractivity (Wildman–Crippen MR) is 97.5 cm³/mol. The van der Waals surface area contributed by atoms with Crippen molar-refractivity contribution in [1.82, 2.24) is 14.7 Å². The van der Waals surface area contributed by atoms with Crippen LogP contribution in [0.25, 0.3) is 0 Å². The fraction of sp³-hybridized carbons (Fsp3) is 0.632. The number of hydrogen-bond acceptors (Lipinski definition) is 5. The van der Waals surface area contributed by atoms with Gasteiger partial charge in [-0.05, 0) is 51.2 Å². The van der Waals surface area contributed by atoms with Crippen LogP contribution in [-0.4, -0.2) is 87.2 Å². The molecule has 2 saturated heterocycles. The van der Waals surface area contributed by atoms with Crippen molar-refractivity contribution in [2.24, 2.45) is 0 Å². The molecule has 0 N–H and O–H groups in total. The van der Waals surface area contributed by atoms with E-state index in [-0.39, 0.29) is 5.91 Å². The summed E-state index contributed by atoms with van der Waals surface area (Å²) >= 11 is 0. The van der Waals surface area contributed by atoms with Gasteiger partial charge in [0.2, 0.25) is 0 Å². The summed E-state index contributed by atoms with van der Waals surface area (Å²) in [6.07, 6.45) is 2.47. The molecule has 2 fully saturated rings. The van der Waals surface area contributed by atoms with E-state index in [1.54, 1.807) is 26.4 Å². The van der Waals surface area contributed by atoms with Gasteiger partial charge in [0.05, 0.1) is 14.2 Å². The molecule has 6 nitrogen and oxygen atoms in total. The lowest BCUT2D eigenvalue weighted by Gasteiger charge is -2.42. The minimum Gasteiger partial charge on any atom is -0.493 e. The first kappa shape index (κ1) is 18.0. The standard InChI is InChI=1S/C19H29N3O3/c1-20-8-6-16(7-9-20)21-10-12-22(13-11-21)19(23)15-4-5-17(24-2)18(14-15)25-3/h4-5,14,16H,6-13H2,1-3H3. The normalized spacial score (nSPS) is 20.5. The molecule has 0 atom stereocenters. The highest BCUT2D eigenvalue weighted by molar-refractivity contribution is 5.95. The zero-order valence-electron chi connectivity index (χ0n) is 15.5. The lowest BCUT2D eigenvalue weighted by Crippen LogP contribution is -2.54. The summed E-state index contributed by atoms with van der Waals surface area (Å²) in [5.41, 5.74) is 0.658. The van der Waals surface area contributed by atoms with Crippen molar-refractivity contribution < 1.29 is 14.3 Å². The summed E-state index contributed by atoms with van der Waals surface area (Å²) in [5.74, 6) is 1.31. The van der Waals surface area contributed by atoms with E-state index in [0.717, 1.165) is 26.2 Å². The van der Waals surface area contributed by atoms with Crippen LogP contribution in [0.5, 0.6) is 11.5 Å². The third kappa shape index (κ3) is 4.07. The summed E-state index contributed by atoms with van der Waals surface area (Å²) in [7, 11) is 5.38. The van der Waals surface area contributed by atoms with Gasteiger partial charge in [0.1, 0.15) is 0 Å². The number of piperazine rings is 1. The number of hydrogen-bond donors (Lipinski definition) is 0. The lowest BCUT2D eigenvalue weighted by molar-refractivity contribution is 0.0475. The summed E-state index contributed by atoms with van der Waals surface area (Å²) in [6, 6.07) is 6.05. The quantitative estimate of drug-likeness (QED) is 0.827. The number of carbonyl (C=O) groups is 1. The van der Waals surface area contributed by atoms with Gasteiger partial charge in [-0.15, -0.1) is 0 Å². The Balaban J connectivity index is 1.58. The van der Waals surface area contributed by atoms with Gasteiger partial charge in [0, 0.05) is 37.8 Å². The van der Waals surface area contributed by atoms with E-state index in [4.69, 9.17) is 9.47 Å². The molecule has 0 saturated carbocycles. The van der Waals surface area contributed by atoms with Gasteiger partial charge in [-0.3, -0.25) is 9.69 Å². The number of methoxy groups -OCH3 is 2. The Bertz CT molecular complexity index is 592. The molecule has 1 aromatic rings. The van der Waals surface area contributed by atoms with E-state index in [1.807, 2.05) is 11.0 Å². The molecule has 0 aliphatic carbocycles. The van der Waals surface area contributed by atoms with Crippen LogP contribution in [0.4, 0.5) is 0 Å². The molecule has 2 aliphatic heterocycles. The third-order valence-corrected chi connectivity index (χ3v) is 5.44. The van der Waals surface area contributed by atoms with Crippen molar-refractivity contribution in [3.8, 4) is 11.5 Å². The maximum absolute atomic E-state index is 12.8. The molecule has 138 valence electrons. The molecule has 6 heteroatoms. The number of piperidine rings is 1. The number of rotatable bonds is 4. The van der Waals surface area contributed by atoms with E-state index < -0.39 is 0 Å². The van der Waals surface area contributed by atoms with Gasteiger partial charge < -0.3 is 19.3 Å². The second kappa shape index (κ2) is 8.06. The van der Waals surface area contributed by atoms with Crippen LogP contribution in [0.15, 0.2) is 18.2 Å². The Morgan fingerprint density at radius 1 is 0.960 bits per heavy atom. The van der Waals surface area contributed by atoms with Crippen molar-refractivity contribution in [3.63, 3.8) is 0 Å². The summed E-state index contributed by atoms with van der Waals surface area (Å²) < 4.78 is 10.6. The van der Waals surface area contributed by atoms with Crippen LogP contribution in [0.2, 0.25) is 0 Å². The van der Waals surface area contributed by atoms with Crippen molar-refractivity contribution in [2.75, 3.05) is 60.5 Å². The SMILES string of the molecule is COc1ccc(C(=O)N2CCN(C3CCN(C)CC3)CC2)cc1OC. The minimum absolute atomic E-state index is 0.0731. The monoisotopic (exact) mass is 347 g/mol. The summed E-state index contributed by atoms with van der Waals surface area (Å²) in [4.78, 5) is 19.7. The van der Waals surface area contributed by atoms with E-state index in [1.165, 1.54) is 25.9 Å². The first-order valence-electron chi connectivity index (χ1n) is 9.06. The van der Waals surface area contributed by atoms with Crippen molar-refractivity contribution >= 4 is 5.91 Å². The maximum Gasteiger partial charge on any atom is 0.254 e. The van der Waals surface area contributed by atoms with Gasteiger partial charge >= 0.3 is 0 Å². The zero-order valence-corrected chi connectivity index (χ0v) is 15.5. The van der Waals surface area contributed by atoms with Crippen molar-refractivity contribution in [3.05, 3.63) is 23.8 Å². The number of carbonyl (C=O) groups excluding carboxylic acids is 1. The summed E-state index contributed by atoms with van der Waals surface area (Å²) in [6.45, 7) is 5.87. The molecule has 1 aromatic carbocycles. The first-order valence-corrected chi connectivity index (χ1v) is 9.06. The van der Waals surface area contributed by atoms with E-state index in [9.17, 15) is 4.79 Å². The number of amides is 1. The molecule has 2 aliphatic rings. The molecular weight excluding hydrogens is 318 g/mol. The van der Waals surface area contributed by atoms with Crippen molar-refractivity contribution in [1.29, 1.82) is 0 Å². The average Bonchev–Trinajstić information content (AvgIpc) is 2.67. The lowest BCUT2D eigenvalue weighted by atomic mass is 10.0. The second-order valence-electron chi connectivity index (χ2n) is 6.93. The Morgan fingerprint density at radius 3 is 2.20 bits per heavy atom. The highest BCUT2D eigenvalue weighted by atomic mass is 16.5. The van der Waals surface area contributed by atoms with E-state index in [0.29, 0.717) is 23.1 Å². The average molecular weight is 347 g/mol. The van der Waals surface area contributed by atoms with Gasteiger partial charge in [-0.1, -0.05) is 0 Å². The van der Waals surface area contributed by atoms with Gasteiger partial charge in [0.15, 0.2) is 11.5 Å². The molecule has 0 bridgehead atoms. The van der Waals surface area contributed by atoms with Gasteiger partial charge in [-0.25, -0.2) is 0 Å². The number of likely N-dealkylation sites (tertiary alicyclic amines) is 1. The molecule has 1 amide bonds. The second-order valence-corrected chi connectivity index (χ2v) is 6.93. The highest BCUT2D eigenvalue weighted by Crippen LogP contribution is 2.28. The highest BCUT2D eigenvalue weighted by Gasteiger charge is 2.28. The summed E-state index contributed by atoms with van der Waals surface area (Å²) in [5, 5.41) is 0. The fourth-order valence-corrected chi connectivity index (χ4v) is 3.80. The maximum atomic E-state index is 12.8. The first-order chi connectivity index (χ1) is 12.1. The minimum atomic E-state index is 0.0731. The predicted octanol–water partition coefficient (Wildman–Crippen LogP) is 1.56. The van der Waals surface area contributed by atoms with Gasteiger partial charge in [-0.2, -0.15) is 0 Å². The topological polar surface area (TPSA) is 45.2 Å². The fourth-order valence-electron chi connectivity index (χ4n) is 3.80. The Hall–Kier alpha value is -1.79. The van der Waals surface area contributed by atoms with Crippen LogP contribution in [-0.2, 0) is 0 Å². The molecular formula is C19H29N3O3. The largest absolute Gasteiger partial charge is 0.493 e. The van der Waals surface area contributed by atoms with Crippen molar-refractivity contribution in [2.45, 2.75) is 18.9 Å². The van der Waals surface area contributed by atoms with Gasteiger partial charge in [0.25, 0.3) is 5.91 Å². The molecule has 2 heterocycles. The van der Waals surface area contributed by atoms with Crippen LogP contribution in [0.1, 0.15) is 23.2 Å². The molecule has 3 rings (SSSR count). The van der Waals surface area contributed by atoms with E-state index in [2.05, 4.69) is 16.8 Å². The van der Waals surface area contributed by atoms with E-state index >= 15 is 0 Å². The number of ether oxygens (including phenoxy) is 2. The Labute approximate surface area is 150 Å².